The summed E-state index contributed by atoms with van der Waals surface area (Å²) in [7, 11) is 1.31. The molecule has 1 fully saturated rings. The van der Waals surface area contributed by atoms with Crippen molar-refractivity contribution in [3.63, 3.8) is 0 Å². The maximum Gasteiger partial charge on any atom is 0.337 e. The van der Waals surface area contributed by atoms with Crippen molar-refractivity contribution in [1.29, 1.82) is 0 Å². The van der Waals surface area contributed by atoms with Crippen molar-refractivity contribution < 1.29 is 23.5 Å². The van der Waals surface area contributed by atoms with E-state index in [-0.39, 0.29) is 28.8 Å². The van der Waals surface area contributed by atoms with Gasteiger partial charge in [0.05, 0.1) is 35.8 Å². The largest absolute Gasteiger partial charge is 0.465 e. The first-order chi connectivity index (χ1) is 15.5. The van der Waals surface area contributed by atoms with Gasteiger partial charge in [-0.1, -0.05) is 23.7 Å². The van der Waals surface area contributed by atoms with E-state index in [4.69, 9.17) is 25.5 Å². The molecule has 5 rings (SSSR count). The zero-order valence-electron chi connectivity index (χ0n) is 17.3. The van der Waals surface area contributed by atoms with E-state index in [0.29, 0.717) is 40.3 Å². The van der Waals surface area contributed by atoms with Crippen molar-refractivity contribution >= 4 is 34.4 Å². The minimum absolute atomic E-state index is 0.0323. The first kappa shape index (κ1) is 20.7. The van der Waals surface area contributed by atoms with Gasteiger partial charge in [-0.3, -0.25) is 9.59 Å². The molecular formula is C24H20ClNO6. The average Bonchev–Trinajstić information content (AvgIpc) is 3.41. The molecule has 0 bridgehead atoms. The number of amides is 1. The van der Waals surface area contributed by atoms with Crippen molar-refractivity contribution in [2.24, 2.45) is 0 Å². The Labute approximate surface area is 188 Å². The highest BCUT2D eigenvalue weighted by Gasteiger charge is 2.44. The van der Waals surface area contributed by atoms with Gasteiger partial charge in [0.15, 0.2) is 5.43 Å². The number of hydrogen-bond donors (Lipinski definition) is 0. The van der Waals surface area contributed by atoms with Crippen LogP contribution in [0.5, 0.6) is 0 Å². The lowest BCUT2D eigenvalue weighted by Gasteiger charge is -2.27. The number of nitrogens with zero attached hydrogens (tertiary/aromatic N) is 1. The fraction of sp³-hybridized carbons (Fsp3) is 0.292. The quantitative estimate of drug-likeness (QED) is 0.556. The minimum atomic E-state index is -0.659. The fourth-order valence-corrected chi connectivity index (χ4v) is 4.63. The first-order valence-corrected chi connectivity index (χ1v) is 10.7. The summed E-state index contributed by atoms with van der Waals surface area (Å²) in [5.74, 6) is -0.785. The van der Waals surface area contributed by atoms with E-state index in [2.05, 4.69) is 0 Å². The predicted octanol–water partition coefficient (Wildman–Crippen LogP) is 3.96. The Bertz CT molecular complexity index is 1280. The van der Waals surface area contributed by atoms with E-state index < -0.39 is 12.0 Å². The number of rotatable bonds is 4. The van der Waals surface area contributed by atoms with Crippen LogP contribution in [0, 0.1) is 0 Å². The van der Waals surface area contributed by atoms with Gasteiger partial charge >= 0.3 is 5.97 Å². The molecule has 0 unspecified atom stereocenters. The molecule has 0 N–H and O–H groups in total. The highest BCUT2D eigenvalue weighted by atomic mass is 35.5. The zero-order valence-corrected chi connectivity index (χ0v) is 18.1. The Kier molecular flexibility index (Phi) is 5.23. The molecule has 0 radical (unpaired) electrons. The monoisotopic (exact) mass is 453 g/mol. The normalized spacial score (nSPS) is 20.1. The minimum Gasteiger partial charge on any atom is -0.465 e. The van der Waals surface area contributed by atoms with Gasteiger partial charge in [0.2, 0.25) is 5.76 Å². The van der Waals surface area contributed by atoms with Gasteiger partial charge in [-0.05, 0) is 48.7 Å². The molecule has 3 heterocycles. The van der Waals surface area contributed by atoms with Crippen LogP contribution >= 0.6 is 11.6 Å². The maximum absolute atomic E-state index is 13.5. The maximum atomic E-state index is 13.5. The molecule has 1 aromatic heterocycles. The van der Waals surface area contributed by atoms with Gasteiger partial charge in [0.1, 0.15) is 5.58 Å². The fourth-order valence-electron chi connectivity index (χ4n) is 4.45. The number of halogens is 1. The van der Waals surface area contributed by atoms with E-state index in [1.165, 1.54) is 7.11 Å². The highest BCUT2D eigenvalue weighted by molar-refractivity contribution is 6.31. The van der Waals surface area contributed by atoms with Gasteiger partial charge < -0.3 is 18.8 Å². The third kappa shape index (κ3) is 3.38. The van der Waals surface area contributed by atoms with Gasteiger partial charge in [-0.25, -0.2) is 4.79 Å². The lowest BCUT2D eigenvalue weighted by atomic mass is 9.97. The lowest BCUT2D eigenvalue weighted by molar-refractivity contribution is 0.0486. The second-order valence-electron chi connectivity index (χ2n) is 7.92. The molecule has 3 aromatic rings. The molecule has 2 aliphatic heterocycles. The van der Waals surface area contributed by atoms with E-state index in [1.54, 1.807) is 47.4 Å². The molecular weight excluding hydrogens is 434 g/mol. The number of methoxy groups -OCH3 is 1. The van der Waals surface area contributed by atoms with Gasteiger partial charge in [0, 0.05) is 18.2 Å². The molecule has 164 valence electrons. The summed E-state index contributed by atoms with van der Waals surface area (Å²) in [6, 6.07) is 10.8. The molecule has 0 spiro atoms. The number of benzene rings is 2. The molecule has 7 nitrogen and oxygen atoms in total. The molecule has 8 heteroatoms. The van der Waals surface area contributed by atoms with Crippen molar-refractivity contribution in [2.45, 2.75) is 25.0 Å². The molecule has 2 aliphatic rings. The molecule has 0 aliphatic carbocycles. The Balaban J connectivity index is 1.66. The summed E-state index contributed by atoms with van der Waals surface area (Å²) in [4.78, 5) is 40.4. The molecule has 1 amide bonds. The van der Waals surface area contributed by atoms with E-state index in [9.17, 15) is 14.4 Å². The van der Waals surface area contributed by atoms with Crippen LogP contribution in [-0.4, -0.2) is 43.1 Å². The zero-order chi connectivity index (χ0) is 22.4. The van der Waals surface area contributed by atoms with Crippen molar-refractivity contribution in [3.8, 4) is 0 Å². The van der Waals surface area contributed by atoms with E-state index >= 15 is 0 Å². The standard InChI is InChI=1S/C24H20ClNO6/c1-30-24(29)14-6-4-13(5-7-14)20-19-21(27)17-11-15(25)8-9-18(17)32-22(19)23(28)26(20)12-16-3-2-10-31-16/h4-9,11,16,20H,2-3,10,12H2,1H3/t16-,20+/m0/s1. The van der Waals surface area contributed by atoms with Gasteiger partial charge in [-0.15, -0.1) is 0 Å². The Morgan fingerprint density at radius 2 is 1.97 bits per heavy atom. The van der Waals surface area contributed by atoms with Crippen LogP contribution in [0.3, 0.4) is 0 Å². The van der Waals surface area contributed by atoms with Crippen molar-refractivity contribution in [2.75, 3.05) is 20.3 Å². The summed E-state index contributed by atoms with van der Waals surface area (Å²) in [6.45, 7) is 0.987. The van der Waals surface area contributed by atoms with Crippen LogP contribution in [0.15, 0.2) is 51.7 Å². The predicted molar refractivity (Wildman–Crippen MR) is 117 cm³/mol. The third-order valence-corrected chi connectivity index (χ3v) is 6.23. The van der Waals surface area contributed by atoms with E-state index in [0.717, 1.165) is 12.8 Å². The summed E-state index contributed by atoms with van der Waals surface area (Å²) in [6.07, 6.45) is 1.66. The first-order valence-electron chi connectivity index (χ1n) is 10.3. The summed E-state index contributed by atoms with van der Waals surface area (Å²) in [5, 5.41) is 0.725. The topological polar surface area (TPSA) is 86.0 Å². The number of hydrogen-bond acceptors (Lipinski definition) is 6. The number of carbonyl (C=O) groups is 2. The summed E-state index contributed by atoms with van der Waals surface area (Å²) in [5.41, 5.74) is 1.35. The smallest absolute Gasteiger partial charge is 0.337 e. The SMILES string of the molecule is COC(=O)c1ccc([C@@H]2c3c(oc4ccc(Cl)cc4c3=O)C(=O)N2C[C@@H]2CCCO2)cc1. The van der Waals surface area contributed by atoms with Crippen LogP contribution in [0.1, 0.15) is 50.9 Å². The molecule has 32 heavy (non-hydrogen) atoms. The molecule has 2 aromatic carbocycles. The third-order valence-electron chi connectivity index (χ3n) is 6.00. The van der Waals surface area contributed by atoms with Crippen LogP contribution in [0.25, 0.3) is 11.0 Å². The average molecular weight is 454 g/mol. The van der Waals surface area contributed by atoms with Crippen LogP contribution in [0.4, 0.5) is 0 Å². The van der Waals surface area contributed by atoms with Crippen LogP contribution in [-0.2, 0) is 9.47 Å². The number of esters is 1. The van der Waals surface area contributed by atoms with Crippen molar-refractivity contribution in [3.05, 3.63) is 80.2 Å². The lowest BCUT2D eigenvalue weighted by Crippen LogP contribution is -2.36. The Morgan fingerprint density at radius 3 is 2.66 bits per heavy atom. The van der Waals surface area contributed by atoms with Crippen LogP contribution < -0.4 is 5.43 Å². The van der Waals surface area contributed by atoms with E-state index in [1.807, 2.05) is 0 Å². The molecule has 2 atom stereocenters. The highest BCUT2D eigenvalue weighted by Crippen LogP contribution is 2.39. The van der Waals surface area contributed by atoms with Gasteiger partial charge in [0.25, 0.3) is 5.91 Å². The summed E-state index contributed by atoms with van der Waals surface area (Å²) < 4.78 is 16.4. The number of carbonyl (C=O) groups excluding carboxylic acids is 2. The second kappa shape index (κ2) is 8.07. The Morgan fingerprint density at radius 1 is 1.19 bits per heavy atom. The number of ether oxygens (including phenoxy) is 2. The van der Waals surface area contributed by atoms with Gasteiger partial charge in [-0.2, -0.15) is 0 Å². The summed E-state index contributed by atoms with van der Waals surface area (Å²) >= 11 is 6.11. The van der Waals surface area contributed by atoms with Crippen molar-refractivity contribution in [1.82, 2.24) is 4.90 Å². The van der Waals surface area contributed by atoms with Crippen LogP contribution in [0.2, 0.25) is 5.02 Å². The Hall–Kier alpha value is -3.16. The molecule has 0 saturated carbocycles. The molecule has 1 saturated heterocycles. The second-order valence-corrected chi connectivity index (χ2v) is 8.36. The number of fused-ring (bicyclic) bond motifs is 2.